The van der Waals surface area contributed by atoms with Crippen molar-refractivity contribution in [2.45, 2.75) is 26.3 Å². The summed E-state index contributed by atoms with van der Waals surface area (Å²) < 4.78 is 0. The van der Waals surface area contributed by atoms with Gasteiger partial charge >= 0.3 is 0 Å². The van der Waals surface area contributed by atoms with Crippen LogP contribution >= 0.6 is 0 Å². The van der Waals surface area contributed by atoms with Crippen LogP contribution in [0.3, 0.4) is 0 Å². The summed E-state index contributed by atoms with van der Waals surface area (Å²) in [6.07, 6.45) is 4.20. The predicted molar refractivity (Wildman–Crippen MR) is 44.5 cm³/mol. The highest BCUT2D eigenvalue weighted by atomic mass is 16.1. The largest absolute Gasteiger partial charge is 0.349 e. The summed E-state index contributed by atoms with van der Waals surface area (Å²) >= 11 is 0. The van der Waals surface area contributed by atoms with Crippen molar-refractivity contribution in [1.29, 1.82) is 0 Å². The molecule has 0 atom stereocenters. The summed E-state index contributed by atoms with van der Waals surface area (Å²) in [5, 5.41) is 2.77. The Labute approximate surface area is 66.2 Å². The van der Waals surface area contributed by atoms with E-state index in [1.165, 1.54) is 0 Å². The fraction of sp³-hybridized carbons (Fsp3) is 0.500. The van der Waals surface area contributed by atoms with Gasteiger partial charge in [-0.15, -0.1) is 0 Å². The van der Waals surface area contributed by atoms with Gasteiger partial charge in [-0.05, 0) is 13.8 Å². The standard InChI is InChI=1S/C8H12N2O/c1-6(2)10-8(11)7-4-3-5-9-7/h3,5-6H,4H2,1-2H3,(H,10,11). The van der Waals surface area contributed by atoms with E-state index in [0.29, 0.717) is 12.1 Å². The van der Waals surface area contributed by atoms with Crippen molar-refractivity contribution in [2.24, 2.45) is 4.99 Å². The Balaban J connectivity index is 2.43. The molecule has 0 spiro atoms. The molecule has 3 nitrogen and oxygen atoms in total. The number of hydrogen-bond acceptors (Lipinski definition) is 2. The zero-order valence-electron chi connectivity index (χ0n) is 6.79. The van der Waals surface area contributed by atoms with Crippen LogP contribution in [0.25, 0.3) is 0 Å². The Morgan fingerprint density at radius 2 is 2.45 bits per heavy atom. The number of carbonyl (C=O) groups excluding carboxylic acids is 1. The molecule has 0 fully saturated rings. The summed E-state index contributed by atoms with van der Waals surface area (Å²) in [5.41, 5.74) is 0.610. The van der Waals surface area contributed by atoms with Gasteiger partial charge in [-0.3, -0.25) is 9.79 Å². The first kappa shape index (κ1) is 7.98. The quantitative estimate of drug-likeness (QED) is 0.626. The normalized spacial score (nSPS) is 15.4. The van der Waals surface area contributed by atoms with Crippen LogP contribution < -0.4 is 5.32 Å². The zero-order chi connectivity index (χ0) is 8.27. The number of amides is 1. The molecule has 11 heavy (non-hydrogen) atoms. The van der Waals surface area contributed by atoms with Gasteiger partial charge in [-0.2, -0.15) is 0 Å². The molecule has 1 N–H and O–H groups in total. The van der Waals surface area contributed by atoms with Crippen LogP contribution in [-0.2, 0) is 4.79 Å². The maximum atomic E-state index is 11.2. The SMILES string of the molecule is CC(C)NC(=O)C1=NC=CC1. The topological polar surface area (TPSA) is 41.5 Å². The van der Waals surface area contributed by atoms with Gasteiger partial charge in [0, 0.05) is 18.7 Å². The number of hydrogen-bond donors (Lipinski definition) is 1. The summed E-state index contributed by atoms with van der Waals surface area (Å²) in [6.45, 7) is 3.86. The molecule has 0 saturated carbocycles. The van der Waals surface area contributed by atoms with Gasteiger partial charge < -0.3 is 5.32 Å². The molecule has 1 aliphatic rings. The summed E-state index contributed by atoms with van der Waals surface area (Å²) in [7, 11) is 0. The maximum absolute atomic E-state index is 11.2. The molecule has 0 aliphatic carbocycles. The molecule has 0 aromatic carbocycles. The van der Waals surface area contributed by atoms with Crippen molar-refractivity contribution in [3.8, 4) is 0 Å². The molecule has 0 bridgehead atoms. The monoisotopic (exact) mass is 152 g/mol. The van der Waals surface area contributed by atoms with Crippen molar-refractivity contribution >= 4 is 11.6 Å². The zero-order valence-corrected chi connectivity index (χ0v) is 6.79. The third-order valence-corrected chi connectivity index (χ3v) is 1.33. The second-order valence-corrected chi connectivity index (χ2v) is 2.79. The molecule has 1 aliphatic heterocycles. The van der Waals surface area contributed by atoms with Crippen molar-refractivity contribution in [3.63, 3.8) is 0 Å². The van der Waals surface area contributed by atoms with Crippen LogP contribution in [0, 0.1) is 0 Å². The fourth-order valence-corrected chi connectivity index (χ4v) is 0.857. The highest BCUT2D eigenvalue weighted by Gasteiger charge is 2.11. The van der Waals surface area contributed by atoms with E-state index in [1.807, 2.05) is 19.9 Å². The van der Waals surface area contributed by atoms with E-state index in [-0.39, 0.29) is 11.9 Å². The number of nitrogens with zero attached hydrogens (tertiary/aromatic N) is 1. The van der Waals surface area contributed by atoms with Crippen LogP contribution in [0.5, 0.6) is 0 Å². The van der Waals surface area contributed by atoms with E-state index in [0.717, 1.165) is 0 Å². The number of aliphatic imine (C=N–C) groups is 1. The van der Waals surface area contributed by atoms with E-state index < -0.39 is 0 Å². The van der Waals surface area contributed by atoms with Crippen molar-refractivity contribution in [1.82, 2.24) is 5.32 Å². The molecular formula is C8H12N2O. The number of rotatable bonds is 2. The Bertz CT molecular complexity index is 216. The third-order valence-electron chi connectivity index (χ3n) is 1.33. The van der Waals surface area contributed by atoms with Gasteiger partial charge in [0.25, 0.3) is 5.91 Å². The predicted octanol–water partition coefficient (Wildman–Crippen LogP) is 0.869. The molecule has 1 rings (SSSR count). The first-order chi connectivity index (χ1) is 5.20. The van der Waals surface area contributed by atoms with Crippen molar-refractivity contribution in [3.05, 3.63) is 12.3 Å². The minimum atomic E-state index is -0.0509. The lowest BCUT2D eigenvalue weighted by atomic mass is 10.2. The van der Waals surface area contributed by atoms with Crippen molar-refractivity contribution in [2.75, 3.05) is 0 Å². The van der Waals surface area contributed by atoms with E-state index in [4.69, 9.17) is 0 Å². The lowest BCUT2D eigenvalue weighted by Crippen LogP contribution is -2.35. The van der Waals surface area contributed by atoms with Crippen LogP contribution in [0.2, 0.25) is 0 Å². The van der Waals surface area contributed by atoms with Crippen LogP contribution in [0.1, 0.15) is 20.3 Å². The van der Waals surface area contributed by atoms with Crippen LogP contribution in [0.15, 0.2) is 17.3 Å². The molecule has 1 heterocycles. The van der Waals surface area contributed by atoms with E-state index in [2.05, 4.69) is 10.3 Å². The second kappa shape index (κ2) is 3.32. The Kier molecular flexibility index (Phi) is 2.41. The Morgan fingerprint density at radius 3 is 2.91 bits per heavy atom. The number of allylic oxidation sites excluding steroid dienone is 1. The number of nitrogens with one attached hydrogen (secondary N) is 1. The minimum Gasteiger partial charge on any atom is -0.349 e. The van der Waals surface area contributed by atoms with Gasteiger partial charge in [0.1, 0.15) is 5.71 Å². The summed E-state index contributed by atoms with van der Waals surface area (Å²) in [6, 6.07) is 0.186. The van der Waals surface area contributed by atoms with Gasteiger partial charge in [-0.25, -0.2) is 0 Å². The molecule has 0 aromatic heterocycles. The van der Waals surface area contributed by atoms with Gasteiger partial charge in [0.2, 0.25) is 0 Å². The lowest BCUT2D eigenvalue weighted by molar-refractivity contribution is -0.115. The van der Waals surface area contributed by atoms with Crippen LogP contribution in [-0.4, -0.2) is 17.7 Å². The highest BCUT2D eigenvalue weighted by molar-refractivity contribution is 6.39. The van der Waals surface area contributed by atoms with Crippen LogP contribution in [0.4, 0.5) is 0 Å². The maximum Gasteiger partial charge on any atom is 0.266 e. The molecule has 0 aromatic rings. The fourth-order valence-electron chi connectivity index (χ4n) is 0.857. The average Bonchev–Trinajstić information content (AvgIpc) is 2.35. The molecule has 3 heteroatoms. The minimum absolute atomic E-state index is 0.0509. The highest BCUT2D eigenvalue weighted by Crippen LogP contribution is 1.99. The van der Waals surface area contributed by atoms with E-state index in [1.54, 1.807) is 6.20 Å². The Hall–Kier alpha value is -1.12. The van der Waals surface area contributed by atoms with Crippen molar-refractivity contribution < 1.29 is 4.79 Å². The lowest BCUT2D eigenvalue weighted by Gasteiger charge is -2.06. The number of carbonyl (C=O) groups is 1. The second-order valence-electron chi connectivity index (χ2n) is 2.79. The molecule has 1 amide bonds. The molecule has 60 valence electrons. The summed E-state index contributed by atoms with van der Waals surface area (Å²) in [4.78, 5) is 15.1. The Morgan fingerprint density at radius 1 is 1.73 bits per heavy atom. The average molecular weight is 152 g/mol. The first-order valence-electron chi connectivity index (χ1n) is 3.72. The van der Waals surface area contributed by atoms with E-state index >= 15 is 0 Å². The van der Waals surface area contributed by atoms with Gasteiger partial charge in [0.15, 0.2) is 0 Å². The van der Waals surface area contributed by atoms with Gasteiger partial charge in [-0.1, -0.05) is 6.08 Å². The smallest absolute Gasteiger partial charge is 0.266 e. The molecule has 0 radical (unpaired) electrons. The molecule has 0 saturated heterocycles. The third kappa shape index (κ3) is 2.18. The first-order valence-corrected chi connectivity index (χ1v) is 3.72. The van der Waals surface area contributed by atoms with E-state index in [9.17, 15) is 4.79 Å². The molecular weight excluding hydrogens is 140 g/mol. The molecule has 0 unspecified atom stereocenters. The summed E-state index contributed by atoms with van der Waals surface area (Å²) in [5.74, 6) is -0.0509. The van der Waals surface area contributed by atoms with Gasteiger partial charge in [0.05, 0.1) is 0 Å².